The highest BCUT2D eigenvalue weighted by molar-refractivity contribution is 7.85. The molecular formula is C24H29ClF3N5O5S. The maximum Gasteiger partial charge on any atom is 0.431 e. The molecule has 2 aliphatic rings. The number of hydrogen-bond acceptors (Lipinski definition) is 10. The summed E-state index contributed by atoms with van der Waals surface area (Å²) < 4.78 is 79.7. The second-order valence-corrected chi connectivity index (χ2v) is 11.6. The smallest absolute Gasteiger partial charge is 0.431 e. The number of hydrogen-bond donors (Lipinski definition) is 0. The van der Waals surface area contributed by atoms with Crippen molar-refractivity contribution in [1.29, 1.82) is 0 Å². The zero-order valence-electron chi connectivity index (χ0n) is 21.7. The van der Waals surface area contributed by atoms with E-state index < -0.39 is 40.6 Å². The molecule has 1 fully saturated rings. The van der Waals surface area contributed by atoms with Crippen molar-refractivity contribution in [3.8, 4) is 11.8 Å². The Hall–Kier alpha value is -2.84. The van der Waals surface area contributed by atoms with Gasteiger partial charge in [-0.15, -0.1) is 0 Å². The number of nitrogens with zero attached hydrogens (tertiary/aromatic N) is 5. The van der Waals surface area contributed by atoms with Crippen molar-refractivity contribution in [2.24, 2.45) is 16.9 Å². The summed E-state index contributed by atoms with van der Waals surface area (Å²) in [4.78, 5) is 10.5. The topological polar surface area (TPSA) is 106 Å². The molecule has 0 aliphatic carbocycles. The van der Waals surface area contributed by atoms with Crippen LogP contribution in [0.15, 0.2) is 35.7 Å². The lowest BCUT2D eigenvalue weighted by Crippen LogP contribution is -2.44. The molecule has 2 unspecified atom stereocenters. The van der Waals surface area contributed by atoms with Gasteiger partial charge in [0.15, 0.2) is 0 Å². The summed E-state index contributed by atoms with van der Waals surface area (Å²) in [5, 5.41) is 5.37. The van der Waals surface area contributed by atoms with Crippen LogP contribution in [0.5, 0.6) is 11.8 Å². The minimum atomic E-state index is -4.68. The fraction of sp³-hybridized carbons (Fsp3) is 0.542. The highest BCUT2D eigenvalue weighted by atomic mass is 35.5. The molecule has 2 aromatic heterocycles. The zero-order chi connectivity index (χ0) is 28.5. The number of hydrazone groups is 1. The number of halogens is 4. The Morgan fingerprint density at radius 3 is 2.46 bits per heavy atom. The average Bonchev–Trinajstić information content (AvgIpc) is 3.21. The van der Waals surface area contributed by atoms with E-state index in [4.69, 9.17) is 25.3 Å². The van der Waals surface area contributed by atoms with Crippen LogP contribution in [0.25, 0.3) is 0 Å². The van der Waals surface area contributed by atoms with Gasteiger partial charge >= 0.3 is 6.18 Å². The van der Waals surface area contributed by atoms with E-state index in [0.717, 1.165) is 17.0 Å². The van der Waals surface area contributed by atoms with Gasteiger partial charge in [0.2, 0.25) is 11.8 Å². The van der Waals surface area contributed by atoms with Gasteiger partial charge in [0.1, 0.15) is 11.8 Å². The Bertz CT molecular complexity index is 1310. The van der Waals surface area contributed by atoms with E-state index in [-0.39, 0.29) is 17.7 Å². The minimum Gasteiger partial charge on any atom is -0.481 e. The lowest BCUT2D eigenvalue weighted by atomic mass is 9.96. The number of alkyl halides is 3. The van der Waals surface area contributed by atoms with Gasteiger partial charge in [0.25, 0.3) is 10.1 Å². The molecule has 39 heavy (non-hydrogen) atoms. The molecule has 0 radical (unpaired) electrons. The van der Waals surface area contributed by atoms with Crippen LogP contribution in [0, 0.1) is 11.8 Å². The monoisotopic (exact) mass is 591 g/mol. The standard InChI is InChI=1S/C24H29ClF3N5O5S/c1-14-12-32(18-9-22(36-3)30-11-17(18)25)8-7-20(14)38-21-6-5-16(10-29-21)33-19(13-37-39(4,34)35)15(2)23(31-33)24(26,27)28/h5-6,9-11,14-15,19-20H,7-8,12-13H2,1-4H3/t14?,15-,19-,20?/m0/s1. The van der Waals surface area contributed by atoms with Crippen LogP contribution < -0.4 is 19.4 Å². The number of piperidine rings is 1. The van der Waals surface area contributed by atoms with Gasteiger partial charge < -0.3 is 14.4 Å². The zero-order valence-corrected chi connectivity index (χ0v) is 23.3. The first-order valence-corrected chi connectivity index (χ1v) is 14.3. The molecule has 214 valence electrons. The summed E-state index contributed by atoms with van der Waals surface area (Å²) in [7, 11) is -2.33. The summed E-state index contributed by atoms with van der Waals surface area (Å²) in [5.41, 5.74) is 0.0569. The number of anilines is 2. The summed E-state index contributed by atoms with van der Waals surface area (Å²) in [6, 6.07) is 3.89. The van der Waals surface area contributed by atoms with Crippen molar-refractivity contribution in [3.63, 3.8) is 0 Å². The molecule has 4 heterocycles. The Kier molecular flexibility index (Phi) is 8.47. The molecule has 2 aromatic rings. The summed E-state index contributed by atoms with van der Waals surface area (Å²) in [6.45, 7) is 4.21. The van der Waals surface area contributed by atoms with Crippen LogP contribution in [0.1, 0.15) is 20.3 Å². The van der Waals surface area contributed by atoms with Crippen LogP contribution in [0.4, 0.5) is 24.5 Å². The van der Waals surface area contributed by atoms with Gasteiger partial charge in [-0.1, -0.05) is 25.4 Å². The normalized spacial score (nSPS) is 24.1. The predicted molar refractivity (Wildman–Crippen MR) is 140 cm³/mol. The SMILES string of the molecule is COc1cc(N2CCC(Oc3ccc(N4N=C(C(F)(F)F)[C@@H](C)[C@@H]4COS(C)(=O)=O)cn3)C(C)C2)c(Cl)cn1. The Labute approximate surface area is 229 Å². The van der Waals surface area contributed by atoms with Crippen LogP contribution in [-0.2, 0) is 14.3 Å². The molecule has 0 N–H and O–H groups in total. The van der Waals surface area contributed by atoms with Crippen LogP contribution in [0.3, 0.4) is 0 Å². The van der Waals surface area contributed by atoms with Gasteiger partial charge in [-0.05, 0) is 6.07 Å². The van der Waals surface area contributed by atoms with Gasteiger partial charge in [-0.25, -0.2) is 9.97 Å². The molecule has 0 spiro atoms. The summed E-state index contributed by atoms with van der Waals surface area (Å²) in [5.74, 6) is -0.244. The molecule has 0 amide bonds. The summed E-state index contributed by atoms with van der Waals surface area (Å²) in [6.07, 6.45) is -0.413. The Balaban J connectivity index is 1.45. The van der Waals surface area contributed by atoms with E-state index in [2.05, 4.69) is 20.0 Å². The molecule has 10 nitrogen and oxygen atoms in total. The fourth-order valence-corrected chi connectivity index (χ4v) is 5.27. The first-order valence-electron chi connectivity index (χ1n) is 12.1. The molecule has 4 atom stereocenters. The van der Waals surface area contributed by atoms with Crippen molar-refractivity contribution >= 4 is 38.8 Å². The van der Waals surface area contributed by atoms with Crippen molar-refractivity contribution in [3.05, 3.63) is 35.6 Å². The van der Waals surface area contributed by atoms with Gasteiger partial charge in [0, 0.05) is 43.5 Å². The third-order valence-corrected chi connectivity index (χ3v) is 7.58. The molecule has 0 bridgehead atoms. The van der Waals surface area contributed by atoms with E-state index in [1.165, 1.54) is 26.3 Å². The average molecular weight is 592 g/mol. The lowest BCUT2D eigenvalue weighted by Gasteiger charge is -2.38. The number of pyridine rings is 2. The van der Waals surface area contributed by atoms with Crippen molar-refractivity contribution in [2.75, 3.05) is 43.0 Å². The van der Waals surface area contributed by atoms with Crippen molar-refractivity contribution in [2.45, 2.75) is 38.6 Å². The van der Waals surface area contributed by atoms with Crippen molar-refractivity contribution in [1.82, 2.24) is 9.97 Å². The maximum atomic E-state index is 13.5. The van der Waals surface area contributed by atoms with Gasteiger partial charge in [0.05, 0.1) is 54.8 Å². The molecule has 0 aromatic carbocycles. The quantitative estimate of drug-likeness (QED) is 0.418. The largest absolute Gasteiger partial charge is 0.481 e. The molecule has 4 rings (SSSR count). The van der Waals surface area contributed by atoms with E-state index in [1.807, 2.05) is 6.92 Å². The van der Waals surface area contributed by atoms with Gasteiger partial charge in [-0.3, -0.25) is 9.19 Å². The minimum absolute atomic E-state index is 0.103. The number of ether oxygens (including phenoxy) is 2. The van der Waals surface area contributed by atoms with E-state index in [1.54, 1.807) is 18.3 Å². The first kappa shape index (κ1) is 29.2. The summed E-state index contributed by atoms with van der Waals surface area (Å²) >= 11 is 6.35. The fourth-order valence-electron chi connectivity index (χ4n) is 4.66. The van der Waals surface area contributed by atoms with Crippen LogP contribution >= 0.6 is 11.6 Å². The first-order chi connectivity index (χ1) is 18.3. The molecular weight excluding hydrogens is 563 g/mol. The molecule has 15 heteroatoms. The number of aromatic nitrogens is 2. The molecule has 2 aliphatic heterocycles. The second-order valence-electron chi connectivity index (χ2n) is 9.57. The number of rotatable bonds is 8. The molecule has 0 saturated carbocycles. The van der Waals surface area contributed by atoms with Crippen LogP contribution in [0.2, 0.25) is 5.02 Å². The second kappa shape index (κ2) is 11.3. The van der Waals surface area contributed by atoms with Crippen LogP contribution in [-0.4, -0.2) is 75.5 Å². The van der Waals surface area contributed by atoms with E-state index in [9.17, 15) is 21.6 Å². The maximum absolute atomic E-state index is 13.5. The van der Waals surface area contributed by atoms with E-state index in [0.29, 0.717) is 36.3 Å². The third kappa shape index (κ3) is 6.84. The number of methoxy groups -OCH3 is 1. The van der Waals surface area contributed by atoms with Gasteiger partial charge in [-0.2, -0.15) is 26.7 Å². The van der Waals surface area contributed by atoms with Crippen molar-refractivity contribution < 1.29 is 35.2 Å². The highest BCUT2D eigenvalue weighted by Crippen LogP contribution is 2.36. The predicted octanol–water partition coefficient (Wildman–Crippen LogP) is 4.15. The molecule has 1 saturated heterocycles. The Morgan fingerprint density at radius 2 is 1.87 bits per heavy atom. The highest BCUT2D eigenvalue weighted by Gasteiger charge is 2.48. The van der Waals surface area contributed by atoms with E-state index >= 15 is 0 Å². The Morgan fingerprint density at radius 1 is 1.15 bits per heavy atom. The third-order valence-electron chi connectivity index (χ3n) is 6.73. The lowest BCUT2D eigenvalue weighted by molar-refractivity contribution is -0.0621.